The molecular formula is C5H6ClN3S. The summed E-state index contributed by atoms with van der Waals surface area (Å²) in [4.78, 5) is 1.09. The van der Waals surface area contributed by atoms with E-state index in [0.717, 1.165) is 4.83 Å². The molecule has 0 bridgehead atoms. The molecule has 5 heteroatoms. The Morgan fingerprint density at radius 1 is 1.60 bits per heavy atom. The van der Waals surface area contributed by atoms with Gasteiger partial charge in [0.1, 0.15) is 10.6 Å². The Morgan fingerprint density at radius 3 is 3.10 bits per heavy atom. The number of halogens is 1. The van der Waals surface area contributed by atoms with E-state index in [2.05, 4.69) is 5.10 Å². The third-order valence-electron chi connectivity index (χ3n) is 1.15. The number of fused-ring (bicyclic) bond motifs is 1. The molecule has 0 saturated heterocycles. The van der Waals surface area contributed by atoms with E-state index < -0.39 is 0 Å². The summed E-state index contributed by atoms with van der Waals surface area (Å²) in [6.45, 7) is 0. The van der Waals surface area contributed by atoms with E-state index in [1.54, 1.807) is 22.0 Å². The molecule has 0 aliphatic carbocycles. The molecule has 10 heavy (non-hydrogen) atoms. The van der Waals surface area contributed by atoms with Crippen molar-refractivity contribution in [3.63, 3.8) is 0 Å². The van der Waals surface area contributed by atoms with Crippen molar-refractivity contribution in [1.29, 1.82) is 0 Å². The molecule has 0 unspecified atom stereocenters. The van der Waals surface area contributed by atoms with Crippen LogP contribution in [0.5, 0.6) is 0 Å². The number of nitrogens with zero attached hydrogens (tertiary/aromatic N) is 2. The summed E-state index contributed by atoms with van der Waals surface area (Å²) in [5.74, 6) is 0.708. The van der Waals surface area contributed by atoms with Crippen LogP contribution in [0.2, 0.25) is 0 Å². The summed E-state index contributed by atoms with van der Waals surface area (Å²) in [6, 6.07) is 1.93. The largest absolute Gasteiger partial charge is 0.383 e. The van der Waals surface area contributed by atoms with E-state index in [4.69, 9.17) is 5.73 Å². The van der Waals surface area contributed by atoms with E-state index in [1.165, 1.54) is 0 Å². The second-order valence-electron chi connectivity index (χ2n) is 1.74. The van der Waals surface area contributed by atoms with Gasteiger partial charge in [-0.25, -0.2) is 4.52 Å². The van der Waals surface area contributed by atoms with Gasteiger partial charge < -0.3 is 5.73 Å². The highest BCUT2D eigenvalue weighted by Gasteiger charge is 1.96. The van der Waals surface area contributed by atoms with Crippen LogP contribution in [0.15, 0.2) is 17.6 Å². The van der Waals surface area contributed by atoms with Gasteiger partial charge in [0.25, 0.3) is 0 Å². The minimum absolute atomic E-state index is 0. The Bertz CT molecular complexity index is 326. The quantitative estimate of drug-likeness (QED) is 0.658. The highest BCUT2D eigenvalue weighted by Crippen LogP contribution is 2.15. The van der Waals surface area contributed by atoms with Crippen LogP contribution in [0, 0.1) is 0 Å². The summed E-state index contributed by atoms with van der Waals surface area (Å²) in [6.07, 6.45) is 1.74. The number of anilines is 1. The number of thiazole rings is 1. The third-order valence-corrected chi connectivity index (χ3v) is 2.06. The molecule has 2 aromatic heterocycles. The van der Waals surface area contributed by atoms with Gasteiger partial charge in [-0.05, 0) is 6.07 Å². The fraction of sp³-hybridized carbons (Fsp3) is 0. The Hall–Kier alpha value is -0.740. The summed E-state index contributed by atoms with van der Waals surface area (Å²) >= 11 is 1.60. The first-order valence-corrected chi connectivity index (χ1v) is 3.42. The molecule has 0 atom stereocenters. The monoisotopic (exact) mass is 175 g/mol. The molecule has 3 nitrogen and oxygen atoms in total. The van der Waals surface area contributed by atoms with Crippen LogP contribution < -0.4 is 5.73 Å². The number of aromatic nitrogens is 2. The summed E-state index contributed by atoms with van der Waals surface area (Å²) in [7, 11) is 0. The lowest BCUT2D eigenvalue weighted by molar-refractivity contribution is 0.989. The molecule has 0 amide bonds. The van der Waals surface area contributed by atoms with Gasteiger partial charge in [0.2, 0.25) is 0 Å². The minimum atomic E-state index is 0. The van der Waals surface area contributed by atoms with E-state index in [1.807, 2.05) is 11.4 Å². The van der Waals surface area contributed by atoms with E-state index in [9.17, 15) is 0 Å². The van der Waals surface area contributed by atoms with Crippen LogP contribution in [-0.2, 0) is 0 Å². The summed E-state index contributed by atoms with van der Waals surface area (Å²) in [5.41, 5.74) is 5.53. The molecule has 0 aliphatic rings. The smallest absolute Gasteiger partial charge is 0.136 e. The number of nitrogens with two attached hydrogens (primary N) is 1. The molecular weight excluding hydrogens is 170 g/mol. The van der Waals surface area contributed by atoms with Crippen molar-refractivity contribution in [2.45, 2.75) is 0 Å². The Labute approximate surface area is 67.9 Å². The van der Waals surface area contributed by atoms with Gasteiger partial charge in [0.15, 0.2) is 0 Å². The predicted molar refractivity (Wildman–Crippen MR) is 44.7 cm³/mol. The molecule has 2 heterocycles. The standard InChI is InChI=1S/C5H5N3S.ClH/c6-4-3-9-5-1-2-7-8(4)5;/h1-3H,6H2;1H. The van der Waals surface area contributed by atoms with E-state index in [0.29, 0.717) is 5.82 Å². The first-order chi connectivity index (χ1) is 4.38. The second-order valence-corrected chi connectivity index (χ2v) is 2.63. The molecule has 0 spiro atoms. The highest BCUT2D eigenvalue weighted by atomic mass is 35.5. The second kappa shape index (κ2) is 2.48. The van der Waals surface area contributed by atoms with Gasteiger partial charge in [0.05, 0.1) is 6.20 Å². The van der Waals surface area contributed by atoms with Crippen molar-refractivity contribution in [2.75, 3.05) is 5.73 Å². The van der Waals surface area contributed by atoms with Gasteiger partial charge in [-0.3, -0.25) is 0 Å². The van der Waals surface area contributed by atoms with Crippen molar-refractivity contribution in [3.8, 4) is 0 Å². The minimum Gasteiger partial charge on any atom is -0.383 e. The van der Waals surface area contributed by atoms with Crippen LogP contribution >= 0.6 is 23.7 Å². The van der Waals surface area contributed by atoms with Gasteiger partial charge >= 0.3 is 0 Å². The SMILES string of the molecule is Cl.Nc1csc2ccnn12. The molecule has 0 saturated carbocycles. The van der Waals surface area contributed by atoms with Gasteiger partial charge in [-0.1, -0.05) is 0 Å². The molecule has 0 fully saturated rings. The third kappa shape index (κ3) is 0.853. The average Bonchev–Trinajstić information content (AvgIpc) is 2.35. The predicted octanol–water partition coefficient (Wildman–Crippen LogP) is 1.40. The maximum absolute atomic E-state index is 5.53. The lowest BCUT2D eigenvalue weighted by Gasteiger charge is -1.82. The zero-order chi connectivity index (χ0) is 6.27. The number of nitrogen functional groups attached to an aromatic ring is 1. The molecule has 0 aliphatic heterocycles. The normalized spacial score (nSPS) is 9.60. The Kier molecular flexibility index (Phi) is 1.82. The van der Waals surface area contributed by atoms with Crippen molar-refractivity contribution in [3.05, 3.63) is 17.6 Å². The zero-order valence-electron chi connectivity index (χ0n) is 5.02. The molecule has 0 radical (unpaired) electrons. The Balaban J connectivity index is 0.000000500. The Morgan fingerprint density at radius 2 is 2.40 bits per heavy atom. The van der Waals surface area contributed by atoms with Crippen molar-refractivity contribution in [1.82, 2.24) is 9.61 Å². The average molecular weight is 176 g/mol. The first-order valence-electron chi connectivity index (χ1n) is 2.54. The molecule has 2 aromatic rings. The fourth-order valence-electron chi connectivity index (χ4n) is 0.745. The number of hydrogen-bond donors (Lipinski definition) is 1. The van der Waals surface area contributed by atoms with E-state index >= 15 is 0 Å². The summed E-state index contributed by atoms with van der Waals surface area (Å²) < 4.78 is 1.71. The molecule has 0 aromatic carbocycles. The van der Waals surface area contributed by atoms with Crippen LogP contribution in [0.1, 0.15) is 0 Å². The van der Waals surface area contributed by atoms with Gasteiger partial charge in [0, 0.05) is 5.38 Å². The first kappa shape index (κ1) is 7.37. The lowest BCUT2D eigenvalue weighted by atomic mass is 10.7. The van der Waals surface area contributed by atoms with Crippen molar-refractivity contribution in [2.24, 2.45) is 0 Å². The van der Waals surface area contributed by atoms with Gasteiger partial charge in [-0.15, -0.1) is 23.7 Å². The number of rotatable bonds is 0. The number of hydrogen-bond acceptors (Lipinski definition) is 3. The van der Waals surface area contributed by atoms with Crippen molar-refractivity contribution >= 4 is 34.4 Å². The summed E-state index contributed by atoms with van der Waals surface area (Å²) in [5, 5.41) is 5.86. The molecule has 2 rings (SSSR count). The topological polar surface area (TPSA) is 43.3 Å². The zero-order valence-corrected chi connectivity index (χ0v) is 6.65. The van der Waals surface area contributed by atoms with Crippen LogP contribution in [0.4, 0.5) is 5.82 Å². The van der Waals surface area contributed by atoms with Crippen LogP contribution in [0.3, 0.4) is 0 Å². The molecule has 54 valence electrons. The lowest BCUT2D eigenvalue weighted by Crippen LogP contribution is -1.90. The van der Waals surface area contributed by atoms with Crippen molar-refractivity contribution < 1.29 is 0 Å². The van der Waals surface area contributed by atoms with Gasteiger partial charge in [-0.2, -0.15) is 5.10 Å². The maximum atomic E-state index is 5.53. The van der Waals surface area contributed by atoms with Crippen LogP contribution in [-0.4, -0.2) is 9.61 Å². The maximum Gasteiger partial charge on any atom is 0.136 e. The molecule has 2 N–H and O–H groups in total. The van der Waals surface area contributed by atoms with E-state index in [-0.39, 0.29) is 12.4 Å². The highest BCUT2D eigenvalue weighted by molar-refractivity contribution is 7.15. The van der Waals surface area contributed by atoms with Crippen LogP contribution in [0.25, 0.3) is 4.83 Å². The fourth-order valence-corrected chi connectivity index (χ4v) is 1.48.